The molecule has 2 heterocycles. The van der Waals surface area contributed by atoms with Gasteiger partial charge in [0, 0.05) is 24.9 Å². The first-order valence-corrected chi connectivity index (χ1v) is 12.5. The Kier molecular flexibility index (Phi) is 8.73. The lowest BCUT2D eigenvalue weighted by Gasteiger charge is -2.29. The molecule has 1 aliphatic rings. The molecule has 2 aromatic carbocycles. The fourth-order valence-electron chi connectivity index (χ4n) is 4.57. The number of hydrogen-bond acceptors (Lipinski definition) is 7. The Morgan fingerprint density at radius 3 is 2.65 bits per heavy atom. The number of halogens is 3. The first-order chi connectivity index (χ1) is 19.1. The van der Waals surface area contributed by atoms with Crippen LogP contribution in [-0.4, -0.2) is 53.5 Å². The molecule has 11 heteroatoms. The van der Waals surface area contributed by atoms with E-state index in [0.717, 1.165) is 27.8 Å². The van der Waals surface area contributed by atoms with E-state index in [1.807, 2.05) is 43.3 Å². The summed E-state index contributed by atoms with van der Waals surface area (Å²) in [5.41, 5.74) is 4.64. The molecule has 0 radical (unpaired) electrons. The lowest BCUT2D eigenvalue weighted by Crippen LogP contribution is -2.38. The number of aryl methyl sites for hydroxylation is 1. The summed E-state index contributed by atoms with van der Waals surface area (Å²) < 4.78 is 49.8. The number of carboxylic acids is 1. The first-order valence-electron chi connectivity index (χ1n) is 12.5. The summed E-state index contributed by atoms with van der Waals surface area (Å²) in [5.74, 6) is -0.501. The van der Waals surface area contributed by atoms with E-state index in [1.165, 1.54) is 12.0 Å². The van der Waals surface area contributed by atoms with Gasteiger partial charge in [0.25, 0.3) is 0 Å². The quantitative estimate of drug-likeness (QED) is 0.171. The maximum Gasteiger partial charge on any atom is 0.401 e. The van der Waals surface area contributed by atoms with Crippen LogP contribution >= 0.6 is 0 Å². The zero-order chi connectivity index (χ0) is 28.9. The highest BCUT2D eigenvalue weighted by atomic mass is 19.4. The van der Waals surface area contributed by atoms with E-state index in [-0.39, 0.29) is 24.6 Å². The average Bonchev–Trinajstić information content (AvgIpc) is 2.91. The number of hydrogen-bond donors (Lipinski definition) is 3. The van der Waals surface area contributed by atoms with E-state index in [2.05, 4.69) is 10.3 Å². The van der Waals surface area contributed by atoms with Gasteiger partial charge in [-0.05, 0) is 53.8 Å². The maximum atomic E-state index is 12.8. The molecule has 0 saturated carbocycles. The number of methoxy groups -OCH3 is 1. The smallest absolute Gasteiger partial charge is 0.401 e. The molecule has 0 fully saturated rings. The van der Waals surface area contributed by atoms with Gasteiger partial charge in [-0.2, -0.15) is 13.2 Å². The van der Waals surface area contributed by atoms with Crippen molar-refractivity contribution >= 4 is 18.0 Å². The molecule has 3 aromatic rings. The van der Waals surface area contributed by atoms with Crippen LogP contribution in [0.15, 0.2) is 66.1 Å². The Balaban J connectivity index is 1.53. The van der Waals surface area contributed by atoms with Crippen molar-refractivity contribution in [3.8, 4) is 17.0 Å². The van der Waals surface area contributed by atoms with E-state index in [4.69, 9.17) is 14.9 Å². The zero-order valence-corrected chi connectivity index (χ0v) is 22.0. The van der Waals surface area contributed by atoms with Gasteiger partial charge in [0.05, 0.1) is 19.3 Å². The normalized spacial score (nSPS) is 14.1. The molecule has 0 amide bonds. The Bertz CT molecular complexity index is 1440. The highest BCUT2D eigenvalue weighted by Crippen LogP contribution is 2.34. The number of aliphatic carboxylic acids is 1. The molecule has 0 unspecified atom stereocenters. The Hall–Kier alpha value is -4.38. The number of carboxylic acid groups (broad SMARTS) is 1. The number of fused-ring (bicyclic) bond motifs is 1. The summed E-state index contributed by atoms with van der Waals surface area (Å²) in [5, 5.41) is 19.5. The van der Waals surface area contributed by atoms with Crippen molar-refractivity contribution in [1.82, 2.24) is 9.88 Å². The van der Waals surface area contributed by atoms with Crippen molar-refractivity contribution in [3.63, 3.8) is 0 Å². The highest BCUT2D eigenvalue weighted by molar-refractivity contribution is 6.08. The van der Waals surface area contributed by atoms with Crippen LogP contribution in [0, 0.1) is 12.3 Å². The van der Waals surface area contributed by atoms with Gasteiger partial charge >= 0.3 is 12.1 Å². The van der Waals surface area contributed by atoms with E-state index in [0.29, 0.717) is 36.4 Å². The zero-order valence-electron chi connectivity index (χ0n) is 22.0. The molecular weight excluding hydrogens is 525 g/mol. The molecule has 0 saturated heterocycles. The number of aromatic nitrogens is 1. The molecule has 210 valence electrons. The van der Waals surface area contributed by atoms with Gasteiger partial charge in [0.2, 0.25) is 5.88 Å². The van der Waals surface area contributed by atoms with E-state index < -0.39 is 18.7 Å². The largest absolute Gasteiger partial charge is 0.488 e. The summed E-state index contributed by atoms with van der Waals surface area (Å²) in [6.45, 7) is 1.88. The third-order valence-electron chi connectivity index (χ3n) is 6.45. The second-order valence-corrected chi connectivity index (χ2v) is 9.35. The van der Waals surface area contributed by atoms with Crippen LogP contribution in [0.5, 0.6) is 5.75 Å². The van der Waals surface area contributed by atoms with Crippen LogP contribution in [0.2, 0.25) is 0 Å². The van der Waals surface area contributed by atoms with E-state index >= 15 is 0 Å². The predicted molar refractivity (Wildman–Crippen MR) is 144 cm³/mol. The number of ether oxygens (including phenoxy) is 2. The molecule has 1 aromatic heterocycles. The first kappa shape index (κ1) is 28.6. The van der Waals surface area contributed by atoms with Gasteiger partial charge in [-0.1, -0.05) is 36.4 Å². The summed E-state index contributed by atoms with van der Waals surface area (Å²) in [6.07, 6.45) is -2.99. The van der Waals surface area contributed by atoms with Gasteiger partial charge in [-0.3, -0.25) is 4.90 Å². The minimum atomic E-state index is -4.22. The van der Waals surface area contributed by atoms with E-state index in [9.17, 15) is 23.1 Å². The molecule has 40 heavy (non-hydrogen) atoms. The highest BCUT2D eigenvalue weighted by Gasteiger charge is 2.32. The fourth-order valence-corrected chi connectivity index (χ4v) is 4.57. The third kappa shape index (κ3) is 6.97. The molecule has 1 aliphatic heterocycles. The fraction of sp³-hybridized carbons (Fsp3) is 0.276. The number of anilines is 1. The molecule has 3 N–H and O–H groups in total. The number of pyridine rings is 1. The molecular formula is C29H29F3N4O4. The number of benzene rings is 2. The Labute approximate surface area is 229 Å². The maximum absolute atomic E-state index is 12.8. The minimum absolute atomic E-state index is 0.123. The lowest BCUT2D eigenvalue weighted by molar-refractivity contribution is -0.147. The SMILES string of the molecule is CO/C(Nc1cccc(-c2cccc(C)c2OCc2ccc3c(c2)CCN(CC(F)(F)F)C3)n1)=C(/C=N)C(=O)O. The average molecular weight is 555 g/mol. The monoisotopic (exact) mass is 554 g/mol. The van der Waals surface area contributed by atoms with Crippen molar-refractivity contribution in [1.29, 1.82) is 5.41 Å². The molecule has 0 spiro atoms. The van der Waals surface area contributed by atoms with Crippen molar-refractivity contribution in [2.75, 3.05) is 25.5 Å². The van der Waals surface area contributed by atoms with Crippen LogP contribution in [0.3, 0.4) is 0 Å². The topological polar surface area (TPSA) is 108 Å². The van der Waals surface area contributed by atoms with Crippen molar-refractivity contribution < 1.29 is 32.5 Å². The molecule has 8 nitrogen and oxygen atoms in total. The Morgan fingerprint density at radius 2 is 1.95 bits per heavy atom. The second-order valence-electron chi connectivity index (χ2n) is 9.35. The summed E-state index contributed by atoms with van der Waals surface area (Å²) in [4.78, 5) is 17.4. The van der Waals surface area contributed by atoms with Crippen LogP contribution in [-0.2, 0) is 29.1 Å². The van der Waals surface area contributed by atoms with Crippen molar-refractivity contribution in [3.05, 3.63) is 88.3 Å². The van der Waals surface area contributed by atoms with Gasteiger partial charge in [-0.15, -0.1) is 0 Å². The lowest BCUT2D eigenvalue weighted by atomic mass is 9.97. The number of carbonyl (C=O) groups is 1. The van der Waals surface area contributed by atoms with Crippen LogP contribution < -0.4 is 10.1 Å². The second kappa shape index (κ2) is 12.2. The molecule has 4 rings (SSSR count). The van der Waals surface area contributed by atoms with Gasteiger partial charge < -0.3 is 25.3 Å². The number of alkyl halides is 3. The van der Waals surface area contributed by atoms with Gasteiger partial charge in [-0.25, -0.2) is 9.78 Å². The van der Waals surface area contributed by atoms with Crippen LogP contribution in [0.4, 0.5) is 19.0 Å². The van der Waals surface area contributed by atoms with E-state index in [1.54, 1.807) is 18.2 Å². The van der Waals surface area contributed by atoms with Crippen LogP contribution in [0.1, 0.15) is 22.3 Å². The molecule has 0 atom stereocenters. The summed E-state index contributed by atoms with van der Waals surface area (Å²) >= 11 is 0. The number of para-hydroxylation sites is 1. The van der Waals surface area contributed by atoms with Crippen molar-refractivity contribution in [2.45, 2.75) is 32.7 Å². The predicted octanol–water partition coefficient (Wildman–Crippen LogP) is 5.56. The number of rotatable bonds is 10. The Morgan fingerprint density at radius 1 is 1.18 bits per heavy atom. The van der Waals surface area contributed by atoms with Crippen LogP contribution in [0.25, 0.3) is 11.3 Å². The summed E-state index contributed by atoms with van der Waals surface area (Å²) in [7, 11) is 1.30. The number of nitrogens with one attached hydrogen (secondary N) is 2. The number of nitrogens with zero attached hydrogens (tertiary/aromatic N) is 2. The van der Waals surface area contributed by atoms with Crippen molar-refractivity contribution in [2.24, 2.45) is 0 Å². The standard InChI is InChI=1S/C29H29F3N4O4/c1-18-5-3-6-22(24-7-4-8-25(34-24)35-27(39-2)23(14-33)28(37)38)26(18)40-16-19-9-10-21-15-36(17-29(30,31)32)12-11-20(21)13-19/h3-10,13-14,33H,11-12,15-17H2,1-2H3,(H,34,35)(H,37,38)/b27-23-,33-14?. The van der Waals surface area contributed by atoms with Gasteiger partial charge in [0.1, 0.15) is 23.7 Å². The third-order valence-corrected chi connectivity index (χ3v) is 6.45. The molecule has 0 bridgehead atoms. The molecule has 0 aliphatic carbocycles. The summed E-state index contributed by atoms with van der Waals surface area (Å²) in [6, 6.07) is 16.6. The minimum Gasteiger partial charge on any atom is -0.488 e. The van der Waals surface area contributed by atoms with Gasteiger partial charge in [0.15, 0.2) is 0 Å².